The maximum Gasteiger partial charge on any atom is 0.319 e. The summed E-state index contributed by atoms with van der Waals surface area (Å²) >= 11 is 0. The molecule has 0 aliphatic rings. The summed E-state index contributed by atoms with van der Waals surface area (Å²) in [5.41, 5.74) is 1.55. The van der Waals surface area contributed by atoms with Gasteiger partial charge >= 0.3 is 6.03 Å². The Bertz CT molecular complexity index is 580. The van der Waals surface area contributed by atoms with E-state index in [4.69, 9.17) is 5.11 Å². The van der Waals surface area contributed by atoms with Crippen LogP contribution in [0.4, 0.5) is 10.5 Å². The van der Waals surface area contributed by atoms with Crippen molar-refractivity contribution >= 4 is 11.7 Å². The second kappa shape index (κ2) is 7.56. The van der Waals surface area contributed by atoms with Crippen LogP contribution in [0.1, 0.15) is 20.3 Å². The van der Waals surface area contributed by atoms with E-state index < -0.39 is 0 Å². The SMILES string of the molecule is CC(C)C(CCO)NC(=O)Nc1ccc(-n2ccnn2)cc1. The summed E-state index contributed by atoms with van der Waals surface area (Å²) in [7, 11) is 0. The molecule has 2 aromatic rings. The third-order valence-electron chi connectivity index (χ3n) is 3.37. The second-order valence-electron chi connectivity index (χ2n) is 5.36. The number of carbonyl (C=O) groups is 1. The van der Waals surface area contributed by atoms with Crippen molar-refractivity contribution in [3.63, 3.8) is 0 Å². The highest BCUT2D eigenvalue weighted by Crippen LogP contribution is 2.12. The van der Waals surface area contributed by atoms with E-state index in [1.165, 1.54) is 0 Å². The minimum absolute atomic E-state index is 0.0513. The maximum absolute atomic E-state index is 12.0. The molecule has 1 aromatic carbocycles. The summed E-state index contributed by atoms with van der Waals surface area (Å²) in [5.74, 6) is 0.257. The molecule has 1 atom stereocenters. The van der Waals surface area contributed by atoms with Gasteiger partial charge in [-0.15, -0.1) is 5.10 Å². The summed E-state index contributed by atoms with van der Waals surface area (Å²) in [6.45, 7) is 4.07. The average Bonchev–Trinajstić information content (AvgIpc) is 3.01. The van der Waals surface area contributed by atoms with E-state index in [2.05, 4.69) is 20.9 Å². The molecule has 0 fully saturated rings. The molecular formula is C15H21N5O2. The van der Waals surface area contributed by atoms with Crippen LogP contribution in [0.15, 0.2) is 36.7 Å². The smallest absolute Gasteiger partial charge is 0.319 e. The Labute approximate surface area is 129 Å². The normalized spacial score (nSPS) is 12.2. The Kier molecular flexibility index (Phi) is 5.48. The van der Waals surface area contributed by atoms with E-state index in [0.717, 1.165) is 5.69 Å². The number of aliphatic hydroxyl groups excluding tert-OH is 1. The Morgan fingerprint density at radius 2 is 2.05 bits per heavy atom. The van der Waals surface area contributed by atoms with Gasteiger partial charge in [0.05, 0.1) is 18.1 Å². The molecule has 2 amide bonds. The summed E-state index contributed by atoms with van der Waals surface area (Å²) in [4.78, 5) is 12.0. The molecule has 7 nitrogen and oxygen atoms in total. The van der Waals surface area contributed by atoms with Gasteiger partial charge in [0.25, 0.3) is 0 Å². The van der Waals surface area contributed by atoms with Gasteiger partial charge in [0, 0.05) is 18.3 Å². The number of hydrogen-bond acceptors (Lipinski definition) is 4. The van der Waals surface area contributed by atoms with Gasteiger partial charge in [0.15, 0.2) is 0 Å². The molecule has 0 aliphatic heterocycles. The predicted octanol–water partition coefficient (Wildman–Crippen LogP) is 1.80. The van der Waals surface area contributed by atoms with Gasteiger partial charge < -0.3 is 15.7 Å². The fraction of sp³-hybridized carbons (Fsp3) is 0.400. The Hall–Kier alpha value is -2.41. The van der Waals surface area contributed by atoms with Gasteiger partial charge in [-0.05, 0) is 36.6 Å². The molecule has 0 bridgehead atoms. The van der Waals surface area contributed by atoms with Gasteiger partial charge in [-0.25, -0.2) is 9.48 Å². The number of rotatable bonds is 6. The van der Waals surface area contributed by atoms with Gasteiger partial charge in [0.2, 0.25) is 0 Å². The molecule has 0 saturated carbocycles. The van der Waals surface area contributed by atoms with Crippen LogP contribution in [-0.2, 0) is 0 Å². The lowest BCUT2D eigenvalue weighted by Gasteiger charge is -2.21. The predicted molar refractivity (Wildman–Crippen MR) is 83.8 cm³/mol. The van der Waals surface area contributed by atoms with Crippen molar-refractivity contribution in [1.82, 2.24) is 20.3 Å². The van der Waals surface area contributed by atoms with Crippen LogP contribution < -0.4 is 10.6 Å². The minimum atomic E-state index is -0.277. The highest BCUT2D eigenvalue weighted by atomic mass is 16.3. The van der Waals surface area contributed by atoms with Crippen molar-refractivity contribution < 1.29 is 9.90 Å². The largest absolute Gasteiger partial charge is 0.396 e. The maximum atomic E-state index is 12.0. The van der Waals surface area contributed by atoms with Crippen molar-refractivity contribution in [1.29, 1.82) is 0 Å². The first-order valence-corrected chi connectivity index (χ1v) is 7.25. The van der Waals surface area contributed by atoms with Crippen molar-refractivity contribution in [3.05, 3.63) is 36.7 Å². The number of aromatic nitrogens is 3. The first-order valence-electron chi connectivity index (χ1n) is 7.25. The van der Waals surface area contributed by atoms with Crippen LogP contribution in [0, 0.1) is 5.92 Å². The van der Waals surface area contributed by atoms with Gasteiger partial charge in [-0.1, -0.05) is 19.1 Å². The molecule has 3 N–H and O–H groups in total. The molecule has 22 heavy (non-hydrogen) atoms. The van der Waals surface area contributed by atoms with Crippen LogP contribution in [-0.4, -0.2) is 38.8 Å². The second-order valence-corrected chi connectivity index (χ2v) is 5.36. The molecule has 0 spiro atoms. The van der Waals surface area contributed by atoms with Crippen LogP contribution in [0.25, 0.3) is 5.69 Å². The molecule has 0 saturated heterocycles. The fourth-order valence-corrected chi connectivity index (χ4v) is 2.09. The quantitative estimate of drug-likeness (QED) is 0.758. The molecular weight excluding hydrogens is 282 g/mol. The third kappa shape index (κ3) is 4.29. The lowest BCUT2D eigenvalue weighted by molar-refractivity contribution is 0.227. The van der Waals surface area contributed by atoms with Gasteiger partial charge in [-0.3, -0.25) is 0 Å². The summed E-state index contributed by atoms with van der Waals surface area (Å²) in [6.07, 6.45) is 3.89. The molecule has 0 aliphatic carbocycles. The lowest BCUT2D eigenvalue weighted by Crippen LogP contribution is -2.41. The Morgan fingerprint density at radius 3 is 2.59 bits per heavy atom. The van der Waals surface area contributed by atoms with Gasteiger partial charge in [-0.2, -0.15) is 0 Å². The topological polar surface area (TPSA) is 92.1 Å². The van der Waals surface area contributed by atoms with Crippen LogP contribution in [0.2, 0.25) is 0 Å². The number of urea groups is 1. The number of nitrogens with zero attached hydrogens (tertiary/aromatic N) is 3. The number of aliphatic hydroxyl groups is 1. The van der Waals surface area contributed by atoms with E-state index in [-0.39, 0.29) is 24.6 Å². The third-order valence-corrected chi connectivity index (χ3v) is 3.37. The molecule has 0 radical (unpaired) electrons. The molecule has 7 heteroatoms. The zero-order chi connectivity index (χ0) is 15.9. The molecule has 1 heterocycles. The van der Waals surface area contributed by atoms with E-state index >= 15 is 0 Å². The van der Waals surface area contributed by atoms with E-state index in [0.29, 0.717) is 12.1 Å². The van der Waals surface area contributed by atoms with E-state index in [1.54, 1.807) is 29.2 Å². The summed E-state index contributed by atoms with van der Waals surface area (Å²) < 4.78 is 1.64. The monoisotopic (exact) mass is 303 g/mol. The standard InChI is InChI=1S/C15H21N5O2/c1-11(2)14(7-10-21)18-15(22)17-12-3-5-13(6-4-12)20-9-8-16-19-20/h3-6,8-9,11,14,21H,7,10H2,1-2H3,(H2,17,18,22). The van der Waals surface area contributed by atoms with Gasteiger partial charge in [0.1, 0.15) is 0 Å². The zero-order valence-electron chi connectivity index (χ0n) is 12.7. The lowest BCUT2D eigenvalue weighted by atomic mass is 10.0. The first kappa shape index (κ1) is 16.0. The van der Waals surface area contributed by atoms with E-state index in [9.17, 15) is 4.79 Å². The molecule has 2 rings (SSSR count). The Balaban J connectivity index is 1.94. The number of benzene rings is 1. The van der Waals surface area contributed by atoms with Crippen molar-refractivity contribution in [2.24, 2.45) is 5.92 Å². The number of amides is 2. The zero-order valence-corrected chi connectivity index (χ0v) is 12.7. The van der Waals surface area contributed by atoms with Crippen LogP contribution in [0.5, 0.6) is 0 Å². The first-order chi connectivity index (χ1) is 10.6. The number of anilines is 1. The summed E-state index contributed by atoms with van der Waals surface area (Å²) in [6, 6.07) is 6.95. The van der Waals surface area contributed by atoms with Crippen molar-refractivity contribution in [2.45, 2.75) is 26.3 Å². The average molecular weight is 303 g/mol. The van der Waals surface area contributed by atoms with Crippen molar-refractivity contribution in [2.75, 3.05) is 11.9 Å². The molecule has 118 valence electrons. The van der Waals surface area contributed by atoms with Crippen LogP contribution in [0.3, 0.4) is 0 Å². The Morgan fingerprint density at radius 1 is 1.32 bits per heavy atom. The van der Waals surface area contributed by atoms with E-state index in [1.807, 2.05) is 26.0 Å². The minimum Gasteiger partial charge on any atom is -0.396 e. The fourth-order valence-electron chi connectivity index (χ4n) is 2.09. The highest BCUT2D eigenvalue weighted by Gasteiger charge is 2.15. The number of nitrogens with one attached hydrogen (secondary N) is 2. The number of hydrogen-bond donors (Lipinski definition) is 3. The van der Waals surface area contributed by atoms with Crippen molar-refractivity contribution in [3.8, 4) is 5.69 Å². The van der Waals surface area contributed by atoms with Crippen LogP contribution >= 0.6 is 0 Å². The number of carbonyl (C=O) groups excluding carboxylic acids is 1. The molecule has 1 unspecified atom stereocenters. The summed E-state index contributed by atoms with van der Waals surface area (Å²) in [5, 5.41) is 22.3. The molecule has 1 aromatic heterocycles. The highest BCUT2D eigenvalue weighted by molar-refractivity contribution is 5.89.